The van der Waals surface area contributed by atoms with Crippen LogP contribution in [0.1, 0.15) is 0 Å². The minimum Gasteiger partial charge on any atom is -0.456 e. The van der Waals surface area contributed by atoms with Gasteiger partial charge in [-0.2, -0.15) is 0 Å². The van der Waals surface area contributed by atoms with Crippen LogP contribution in [0.15, 0.2) is 205 Å². The number of hydrogen-bond acceptors (Lipinski definition) is 5. The molecule has 0 aliphatic carbocycles. The Kier molecular flexibility index (Phi) is 7.74. The van der Waals surface area contributed by atoms with Gasteiger partial charge in [0.2, 0.25) is 0 Å². The van der Waals surface area contributed by atoms with Gasteiger partial charge in [0.1, 0.15) is 11.2 Å². The van der Waals surface area contributed by atoms with E-state index >= 15 is 0 Å². The van der Waals surface area contributed by atoms with Crippen LogP contribution in [-0.4, -0.2) is 15.0 Å². The molecule has 0 fully saturated rings. The van der Waals surface area contributed by atoms with Crippen LogP contribution in [-0.2, 0) is 0 Å². The van der Waals surface area contributed by atoms with E-state index in [1.165, 1.54) is 63.6 Å². The molecular formula is C57H33N3OS. The van der Waals surface area contributed by atoms with E-state index < -0.39 is 0 Å². The van der Waals surface area contributed by atoms with Crippen molar-refractivity contribution >= 4 is 85.8 Å². The quantitative estimate of drug-likeness (QED) is 0.163. The molecule has 62 heavy (non-hydrogen) atoms. The minimum atomic E-state index is 0.601. The van der Waals surface area contributed by atoms with Crippen LogP contribution in [0.25, 0.3) is 131 Å². The lowest BCUT2D eigenvalue weighted by Gasteiger charge is -2.12. The number of aromatic nitrogens is 3. The molecule has 5 heteroatoms. The summed E-state index contributed by atoms with van der Waals surface area (Å²) in [5, 5.41) is 12.4. The molecule has 0 saturated carbocycles. The Hall–Kier alpha value is -7.99. The zero-order valence-electron chi connectivity index (χ0n) is 33.2. The Morgan fingerprint density at radius 1 is 0.258 bits per heavy atom. The van der Waals surface area contributed by atoms with Gasteiger partial charge in [0.15, 0.2) is 17.5 Å². The van der Waals surface area contributed by atoms with E-state index in [0.717, 1.165) is 49.8 Å². The summed E-state index contributed by atoms with van der Waals surface area (Å²) < 4.78 is 9.17. The van der Waals surface area contributed by atoms with Crippen molar-refractivity contribution in [2.75, 3.05) is 0 Å². The first-order valence-corrected chi connectivity index (χ1v) is 21.6. The number of fused-ring (bicyclic) bond motifs is 12. The van der Waals surface area contributed by atoms with Crippen molar-refractivity contribution in [1.82, 2.24) is 15.0 Å². The first-order chi connectivity index (χ1) is 30.7. The molecule has 10 aromatic carbocycles. The molecule has 4 nitrogen and oxygen atoms in total. The van der Waals surface area contributed by atoms with E-state index in [4.69, 9.17) is 19.4 Å². The molecule has 3 aromatic heterocycles. The van der Waals surface area contributed by atoms with E-state index in [9.17, 15) is 0 Å². The number of furan rings is 1. The fourth-order valence-electron chi connectivity index (χ4n) is 9.26. The van der Waals surface area contributed by atoms with Gasteiger partial charge in [-0.3, -0.25) is 0 Å². The maximum atomic E-state index is 6.61. The minimum absolute atomic E-state index is 0.601. The zero-order valence-corrected chi connectivity index (χ0v) is 34.0. The second-order valence-corrected chi connectivity index (χ2v) is 17.0. The Labute approximate surface area is 360 Å². The predicted molar refractivity (Wildman–Crippen MR) is 260 cm³/mol. The van der Waals surface area contributed by atoms with Crippen molar-refractivity contribution in [3.8, 4) is 56.4 Å². The van der Waals surface area contributed by atoms with E-state index in [0.29, 0.717) is 17.5 Å². The highest BCUT2D eigenvalue weighted by Crippen LogP contribution is 2.42. The number of thiophene rings is 1. The summed E-state index contributed by atoms with van der Waals surface area (Å²) in [6, 6.07) is 71.2. The largest absolute Gasteiger partial charge is 0.456 e. The lowest BCUT2D eigenvalue weighted by Crippen LogP contribution is -2.00. The first-order valence-electron chi connectivity index (χ1n) is 20.8. The molecule has 288 valence electrons. The third kappa shape index (κ3) is 5.63. The highest BCUT2D eigenvalue weighted by molar-refractivity contribution is 7.25. The number of benzene rings is 10. The van der Waals surface area contributed by atoms with Crippen molar-refractivity contribution in [3.63, 3.8) is 0 Å². The standard InChI is InChI=1S/C57H33N3OS/c1-3-11-34(12-4-1)55-58-56(35-13-5-2-6-14-35)60-57(59-55)40-22-26-47-46-25-20-38(31-51(46)61-52(47)32-40)37-23-28-53-50(30-37)48-27-21-39(33-54(48)62-53)36-19-24-45-43-17-8-7-15-41(43)42-16-9-10-18-44(42)49(45)29-36/h1-33H. The fraction of sp³-hybridized carbons (Fsp3) is 0. The van der Waals surface area contributed by atoms with E-state index in [-0.39, 0.29) is 0 Å². The van der Waals surface area contributed by atoms with Crippen molar-refractivity contribution in [2.24, 2.45) is 0 Å². The second kappa shape index (κ2) is 13.8. The van der Waals surface area contributed by atoms with Crippen molar-refractivity contribution in [1.29, 1.82) is 0 Å². The van der Waals surface area contributed by atoms with Crippen LogP contribution in [0.5, 0.6) is 0 Å². The smallest absolute Gasteiger partial charge is 0.164 e. The van der Waals surface area contributed by atoms with Crippen LogP contribution in [0.4, 0.5) is 0 Å². The van der Waals surface area contributed by atoms with Crippen molar-refractivity contribution < 1.29 is 4.42 Å². The van der Waals surface area contributed by atoms with Gasteiger partial charge < -0.3 is 4.42 Å². The predicted octanol–water partition coefficient (Wildman–Crippen LogP) is 15.9. The fourth-order valence-corrected chi connectivity index (χ4v) is 10.4. The molecule has 0 atom stereocenters. The molecule has 3 heterocycles. The number of hydrogen-bond donors (Lipinski definition) is 0. The lowest BCUT2D eigenvalue weighted by atomic mass is 9.92. The van der Waals surface area contributed by atoms with Crippen LogP contribution >= 0.6 is 11.3 Å². The molecule has 0 radical (unpaired) electrons. The van der Waals surface area contributed by atoms with Gasteiger partial charge in [-0.15, -0.1) is 11.3 Å². The summed E-state index contributed by atoms with van der Waals surface area (Å²) in [7, 11) is 0. The molecule has 0 amide bonds. The van der Waals surface area contributed by atoms with E-state index in [1.54, 1.807) is 0 Å². The summed E-state index contributed by atoms with van der Waals surface area (Å²) in [5.41, 5.74) is 9.11. The molecule has 13 rings (SSSR count). The average Bonchev–Trinajstić information content (AvgIpc) is 3.91. The van der Waals surface area contributed by atoms with Crippen molar-refractivity contribution in [2.45, 2.75) is 0 Å². The lowest BCUT2D eigenvalue weighted by molar-refractivity contribution is 0.669. The summed E-state index contributed by atoms with van der Waals surface area (Å²) in [5.74, 6) is 1.86. The van der Waals surface area contributed by atoms with Crippen LogP contribution in [0, 0.1) is 0 Å². The maximum Gasteiger partial charge on any atom is 0.164 e. The highest BCUT2D eigenvalue weighted by Gasteiger charge is 2.17. The topological polar surface area (TPSA) is 51.8 Å². The summed E-state index contributed by atoms with van der Waals surface area (Å²) in [4.78, 5) is 14.7. The highest BCUT2D eigenvalue weighted by atomic mass is 32.1. The van der Waals surface area contributed by atoms with Crippen LogP contribution < -0.4 is 0 Å². The summed E-state index contributed by atoms with van der Waals surface area (Å²) in [6.07, 6.45) is 0. The second-order valence-electron chi connectivity index (χ2n) is 15.9. The molecule has 0 N–H and O–H groups in total. The molecule has 0 unspecified atom stereocenters. The van der Waals surface area contributed by atoms with Gasteiger partial charge in [-0.25, -0.2) is 15.0 Å². The van der Waals surface area contributed by atoms with Gasteiger partial charge in [0.05, 0.1) is 0 Å². The van der Waals surface area contributed by atoms with E-state index in [2.05, 4.69) is 133 Å². The van der Waals surface area contributed by atoms with E-state index in [1.807, 2.05) is 78.1 Å². The number of rotatable bonds is 5. The Balaban J connectivity index is 0.856. The Bertz CT molecular complexity index is 3830. The maximum absolute atomic E-state index is 6.61. The third-order valence-electron chi connectivity index (χ3n) is 12.3. The van der Waals surface area contributed by atoms with Crippen LogP contribution in [0.2, 0.25) is 0 Å². The zero-order chi connectivity index (χ0) is 40.7. The molecule has 0 bridgehead atoms. The monoisotopic (exact) mass is 807 g/mol. The molecule has 0 spiro atoms. The van der Waals surface area contributed by atoms with Crippen molar-refractivity contribution in [3.05, 3.63) is 200 Å². The Morgan fingerprint density at radius 2 is 0.661 bits per heavy atom. The first kappa shape index (κ1) is 34.8. The normalized spacial score (nSPS) is 11.9. The molecule has 0 saturated heterocycles. The van der Waals surface area contributed by atoms with Gasteiger partial charge in [0.25, 0.3) is 0 Å². The Morgan fingerprint density at radius 3 is 1.26 bits per heavy atom. The molecule has 13 aromatic rings. The molecular weight excluding hydrogens is 775 g/mol. The molecule has 0 aliphatic rings. The third-order valence-corrected chi connectivity index (χ3v) is 13.4. The molecule has 0 aliphatic heterocycles. The SMILES string of the molecule is c1ccc(-c2nc(-c3ccccc3)nc(-c3ccc4c(c3)oc3cc(-c5ccc6sc7cc(-c8ccc9c%10ccccc%10c%10ccccc%10c9c8)ccc7c6c5)ccc34)n2)cc1. The van der Waals surface area contributed by atoms with Gasteiger partial charge in [-0.05, 0) is 103 Å². The average molecular weight is 808 g/mol. The summed E-state index contributed by atoms with van der Waals surface area (Å²) in [6.45, 7) is 0. The number of nitrogens with zero attached hydrogens (tertiary/aromatic N) is 3. The van der Waals surface area contributed by atoms with Crippen LogP contribution in [0.3, 0.4) is 0 Å². The van der Waals surface area contributed by atoms with Gasteiger partial charge >= 0.3 is 0 Å². The van der Waals surface area contributed by atoms with Gasteiger partial charge in [0, 0.05) is 47.6 Å². The summed E-state index contributed by atoms with van der Waals surface area (Å²) >= 11 is 1.85. The van der Waals surface area contributed by atoms with Gasteiger partial charge in [-0.1, -0.05) is 152 Å².